The van der Waals surface area contributed by atoms with E-state index >= 15 is 0 Å². The second-order valence-corrected chi connectivity index (χ2v) is 8.82. The molecule has 0 aliphatic carbocycles. The van der Waals surface area contributed by atoms with Crippen molar-refractivity contribution in [1.29, 1.82) is 0 Å². The van der Waals surface area contributed by atoms with Crippen LogP contribution in [0.4, 0.5) is 0 Å². The maximum atomic E-state index is 4.48. The van der Waals surface area contributed by atoms with Gasteiger partial charge in [-0.05, 0) is 50.9 Å². The highest BCUT2D eigenvalue weighted by molar-refractivity contribution is 14.0. The zero-order valence-electron chi connectivity index (χ0n) is 17.8. The Hall–Kier alpha value is -1.19. The molecule has 0 spiro atoms. The van der Waals surface area contributed by atoms with E-state index in [4.69, 9.17) is 0 Å². The Bertz CT molecular complexity index is 764. The first kappa shape index (κ1) is 24.1. The number of nitrogens with zero attached hydrogens (tertiary/aromatic N) is 3. The van der Waals surface area contributed by atoms with Crippen LogP contribution in [0.2, 0.25) is 0 Å². The van der Waals surface area contributed by atoms with Crippen LogP contribution in [0.25, 0.3) is 0 Å². The van der Waals surface area contributed by atoms with E-state index in [1.165, 1.54) is 54.8 Å². The quantitative estimate of drug-likeness (QED) is 0.327. The van der Waals surface area contributed by atoms with E-state index in [-0.39, 0.29) is 24.0 Å². The first-order valence-corrected chi connectivity index (χ1v) is 11.1. The smallest absolute Gasteiger partial charge is 0.191 e. The van der Waals surface area contributed by atoms with Crippen molar-refractivity contribution in [3.8, 4) is 0 Å². The number of aryl methyl sites for hydroxylation is 2. The third kappa shape index (κ3) is 7.86. The topological polar surface area (TPSA) is 52.6 Å². The molecule has 0 bridgehead atoms. The number of halogens is 1. The van der Waals surface area contributed by atoms with Gasteiger partial charge in [-0.3, -0.25) is 9.89 Å². The van der Waals surface area contributed by atoms with Crippen molar-refractivity contribution in [2.24, 2.45) is 4.99 Å². The van der Waals surface area contributed by atoms with Crippen LogP contribution in [0.1, 0.15) is 52.4 Å². The lowest BCUT2D eigenvalue weighted by Crippen LogP contribution is -2.36. The molecule has 29 heavy (non-hydrogen) atoms. The Balaban J connectivity index is 0.00000300. The normalized spacial score (nSPS) is 15.5. The molecule has 0 saturated carbocycles. The molecule has 1 aromatic heterocycles. The van der Waals surface area contributed by atoms with Crippen LogP contribution < -0.4 is 10.6 Å². The summed E-state index contributed by atoms with van der Waals surface area (Å²) < 4.78 is 0. The Morgan fingerprint density at radius 1 is 1.00 bits per heavy atom. The zero-order valence-corrected chi connectivity index (χ0v) is 21.0. The molecule has 0 unspecified atom stereocenters. The molecule has 160 valence electrons. The second-order valence-electron chi connectivity index (χ2n) is 7.53. The lowest BCUT2D eigenvalue weighted by Gasteiger charge is -2.20. The SMILES string of the molecule is CN=C(NCc1ccc(CN2CCCCCC2)cc1)NCc1sc(C)nc1C.I. The highest BCUT2D eigenvalue weighted by Gasteiger charge is 2.09. The first-order chi connectivity index (χ1) is 13.6. The summed E-state index contributed by atoms with van der Waals surface area (Å²) in [5, 5.41) is 7.90. The van der Waals surface area contributed by atoms with E-state index in [0.29, 0.717) is 0 Å². The van der Waals surface area contributed by atoms with Crippen LogP contribution in [-0.2, 0) is 19.6 Å². The van der Waals surface area contributed by atoms with Gasteiger partial charge in [-0.2, -0.15) is 0 Å². The minimum Gasteiger partial charge on any atom is -0.352 e. The lowest BCUT2D eigenvalue weighted by atomic mass is 10.1. The summed E-state index contributed by atoms with van der Waals surface area (Å²) in [4.78, 5) is 12.7. The number of benzene rings is 1. The van der Waals surface area contributed by atoms with Crippen molar-refractivity contribution < 1.29 is 0 Å². The summed E-state index contributed by atoms with van der Waals surface area (Å²) in [6, 6.07) is 8.98. The first-order valence-electron chi connectivity index (χ1n) is 10.3. The van der Waals surface area contributed by atoms with Crippen molar-refractivity contribution in [2.75, 3.05) is 20.1 Å². The van der Waals surface area contributed by atoms with Gasteiger partial charge in [0.25, 0.3) is 0 Å². The number of aliphatic imine (C=N–C) groups is 1. The molecule has 2 N–H and O–H groups in total. The van der Waals surface area contributed by atoms with E-state index in [9.17, 15) is 0 Å². The fourth-order valence-electron chi connectivity index (χ4n) is 3.62. The Morgan fingerprint density at radius 2 is 1.62 bits per heavy atom. The van der Waals surface area contributed by atoms with E-state index < -0.39 is 0 Å². The van der Waals surface area contributed by atoms with Crippen molar-refractivity contribution in [3.63, 3.8) is 0 Å². The number of aromatic nitrogens is 1. The summed E-state index contributed by atoms with van der Waals surface area (Å²) in [5.41, 5.74) is 3.78. The maximum absolute atomic E-state index is 4.48. The molecule has 1 aliphatic heterocycles. The van der Waals surface area contributed by atoms with Gasteiger partial charge in [-0.25, -0.2) is 4.98 Å². The highest BCUT2D eigenvalue weighted by Crippen LogP contribution is 2.16. The van der Waals surface area contributed by atoms with Gasteiger partial charge in [-0.15, -0.1) is 35.3 Å². The second kappa shape index (κ2) is 12.5. The summed E-state index contributed by atoms with van der Waals surface area (Å²) in [5.74, 6) is 0.819. The number of nitrogens with one attached hydrogen (secondary N) is 2. The fraction of sp³-hybridized carbons (Fsp3) is 0.545. The third-order valence-corrected chi connectivity index (χ3v) is 6.30. The van der Waals surface area contributed by atoms with Gasteiger partial charge in [0.1, 0.15) is 0 Å². The van der Waals surface area contributed by atoms with Gasteiger partial charge in [-0.1, -0.05) is 37.1 Å². The lowest BCUT2D eigenvalue weighted by molar-refractivity contribution is 0.277. The molecule has 0 atom stereocenters. The largest absolute Gasteiger partial charge is 0.352 e. The van der Waals surface area contributed by atoms with Crippen LogP contribution in [0.15, 0.2) is 29.3 Å². The van der Waals surface area contributed by atoms with Gasteiger partial charge in [0.2, 0.25) is 0 Å². The van der Waals surface area contributed by atoms with Crippen molar-refractivity contribution in [3.05, 3.63) is 51.0 Å². The van der Waals surface area contributed by atoms with Crippen LogP contribution in [0.5, 0.6) is 0 Å². The Labute approximate surface area is 196 Å². The van der Waals surface area contributed by atoms with E-state index in [1.54, 1.807) is 11.3 Å². The molecule has 2 heterocycles. The number of guanidine groups is 1. The minimum absolute atomic E-state index is 0. The molecule has 3 rings (SSSR count). The Kier molecular flexibility index (Phi) is 10.4. The standard InChI is InChI=1S/C22H33N5S.HI/c1-17-21(28-18(2)26-17)15-25-22(23-3)24-14-19-8-10-20(11-9-19)16-27-12-6-4-5-7-13-27;/h8-11H,4-7,12-16H2,1-3H3,(H2,23,24,25);1H. The van der Waals surface area contributed by atoms with Crippen LogP contribution in [-0.4, -0.2) is 36.0 Å². The number of hydrogen-bond donors (Lipinski definition) is 2. The average Bonchev–Trinajstić information content (AvgIpc) is 2.87. The van der Waals surface area contributed by atoms with Crippen molar-refractivity contribution in [1.82, 2.24) is 20.5 Å². The van der Waals surface area contributed by atoms with Crippen LogP contribution in [0, 0.1) is 13.8 Å². The molecule has 1 fully saturated rings. The van der Waals surface area contributed by atoms with Gasteiger partial charge in [0, 0.05) is 25.0 Å². The summed E-state index contributed by atoms with van der Waals surface area (Å²) in [6.45, 7) is 9.18. The number of likely N-dealkylation sites (tertiary alicyclic amines) is 1. The number of rotatable bonds is 6. The number of hydrogen-bond acceptors (Lipinski definition) is 4. The molecule has 0 amide bonds. The van der Waals surface area contributed by atoms with Crippen molar-refractivity contribution in [2.45, 2.75) is 59.2 Å². The maximum Gasteiger partial charge on any atom is 0.191 e. The van der Waals surface area contributed by atoms with Gasteiger partial charge in [0.15, 0.2) is 5.96 Å². The van der Waals surface area contributed by atoms with Crippen LogP contribution in [0.3, 0.4) is 0 Å². The third-order valence-electron chi connectivity index (χ3n) is 5.23. The monoisotopic (exact) mass is 527 g/mol. The summed E-state index contributed by atoms with van der Waals surface area (Å²) in [6.07, 6.45) is 5.46. The summed E-state index contributed by atoms with van der Waals surface area (Å²) in [7, 11) is 1.81. The van der Waals surface area contributed by atoms with Gasteiger partial charge in [0.05, 0.1) is 17.2 Å². The molecule has 2 aromatic rings. The molecule has 5 nitrogen and oxygen atoms in total. The molecule has 1 aromatic carbocycles. The molecular weight excluding hydrogens is 493 g/mol. The van der Waals surface area contributed by atoms with E-state index in [1.807, 2.05) is 14.0 Å². The van der Waals surface area contributed by atoms with E-state index in [2.05, 4.69) is 56.7 Å². The summed E-state index contributed by atoms with van der Waals surface area (Å²) >= 11 is 1.74. The molecule has 1 saturated heterocycles. The van der Waals surface area contributed by atoms with E-state index in [0.717, 1.165) is 36.3 Å². The average molecular weight is 528 g/mol. The highest BCUT2D eigenvalue weighted by atomic mass is 127. The molecular formula is C22H34IN5S. The number of thiazole rings is 1. The molecule has 1 aliphatic rings. The molecule has 7 heteroatoms. The van der Waals surface area contributed by atoms with Gasteiger partial charge >= 0.3 is 0 Å². The minimum atomic E-state index is 0. The van der Waals surface area contributed by atoms with Gasteiger partial charge < -0.3 is 10.6 Å². The zero-order chi connectivity index (χ0) is 19.8. The van der Waals surface area contributed by atoms with Crippen molar-refractivity contribution >= 4 is 41.3 Å². The Morgan fingerprint density at radius 3 is 2.21 bits per heavy atom. The predicted octanol–water partition coefficient (Wildman–Crippen LogP) is 4.62. The predicted molar refractivity (Wildman–Crippen MR) is 134 cm³/mol. The fourth-order valence-corrected chi connectivity index (χ4v) is 4.50. The molecule has 0 radical (unpaired) electrons. The van der Waals surface area contributed by atoms with Crippen LogP contribution >= 0.6 is 35.3 Å².